The van der Waals surface area contributed by atoms with Crippen molar-refractivity contribution in [2.75, 3.05) is 0 Å². The zero-order chi connectivity index (χ0) is 6.69. The third kappa shape index (κ3) is 1.33. The first-order valence-electron chi connectivity index (χ1n) is 2.85. The summed E-state index contributed by atoms with van der Waals surface area (Å²) in [5.74, 6) is 0. The molecule has 0 bridgehead atoms. The molecule has 1 aliphatic rings. The van der Waals surface area contributed by atoms with Crippen LogP contribution in [0.2, 0.25) is 0 Å². The number of allylic oxidation sites excluding steroid dienone is 3. The third-order valence-electron chi connectivity index (χ3n) is 1.25. The van der Waals surface area contributed by atoms with Gasteiger partial charge in [0.05, 0.1) is 6.07 Å². The maximum atomic E-state index is 8.39. The molecule has 46 valence electrons. The lowest BCUT2D eigenvalue weighted by atomic mass is 10.1. The van der Waals surface area contributed by atoms with Gasteiger partial charge in [-0.25, -0.2) is 0 Å². The summed E-state index contributed by atoms with van der Waals surface area (Å²) in [5, 5.41) is 11.3. The average Bonchev–Trinajstić information content (AvgIpc) is 1.90. The van der Waals surface area contributed by atoms with Gasteiger partial charge >= 0.3 is 0 Å². The lowest BCUT2D eigenvalue weighted by molar-refractivity contribution is 0.977. The Balaban J connectivity index is 2.61. The second-order valence-electron chi connectivity index (χ2n) is 2.02. The minimum atomic E-state index is 0.773. The van der Waals surface area contributed by atoms with E-state index in [1.807, 2.05) is 13.0 Å². The summed E-state index contributed by atoms with van der Waals surface area (Å²) in [6, 6.07) is 2.08. The molecule has 0 saturated heterocycles. The van der Waals surface area contributed by atoms with E-state index in [1.165, 1.54) is 0 Å². The number of nitriles is 1. The first-order chi connectivity index (χ1) is 4.33. The molecule has 0 aromatic rings. The Morgan fingerprint density at radius 3 is 3.00 bits per heavy atom. The molecule has 0 unspecified atom stereocenters. The molecule has 0 radical (unpaired) electrons. The van der Waals surface area contributed by atoms with E-state index in [2.05, 4.69) is 11.4 Å². The zero-order valence-electron chi connectivity index (χ0n) is 5.31. The molecule has 1 heterocycles. The Morgan fingerprint density at radius 2 is 2.56 bits per heavy atom. The summed E-state index contributed by atoms with van der Waals surface area (Å²) >= 11 is 0. The second-order valence-corrected chi connectivity index (χ2v) is 2.02. The maximum absolute atomic E-state index is 8.39. The molecular weight excluding hydrogens is 112 g/mol. The highest BCUT2D eigenvalue weighted by molar-refractivity contribution is 5.28. The molecule has 1 aliphatic heterocycles. The number of nitrogens with one attached hydrogen (secondary N) is 1. The topological polar surface area (TPSA) is 35.8 Å². The van der Waals surface area contributed by atoms with Gasteiger partial charge in [0.25, 0.3) is 0 Å². The van der Waals surface area contributed by atoms with E-state index in [-0.39, 0.29) is 0 Å². The van der Waals surface area contributed by atoms with Gasteiger partial charge in [-0.1, -0.05) is 6.08 Å². The van der Waals surface area contributed by atoms with Gasteiger partial charge in [0.1, 0.15) is 0 Å². The van der Waals surface area contributed by atoms with Crippen molar-refractivity contribution in [3.05, 3.63) is 23.5 Å². The minimum Gasteiger partial charge on any atom is -0.365 e. The van der Waals surface area contributed by atoms with E-state index in [0.717, 1.165) is 17.7 Å². The summed E-state index contributed by atoms with van der Waals surface area (Å²) < 4.78 is 0. The molecular formula is C7H8N2. The molecule has 0 aliphatic carbocycles. The van der Waals surface area contributed by atoms with Gasteiger partial charge in [0.15, 0.2) is 0 Å². The molecule has 1 rings (SSSR count). The molecule has 0 fully saturated rings. The van der Waals surface area contributed by atoms with Crippen LogP contribution in [0, 0.1) is 11.3 Å². The van der Waals surface area contributed by atoms with Gasteiger partial charge in [-0.15, -0.1) is 0 Å². The highest BCUT2D eigenvalue weighted by Gasteiger charge is 1.97. The van der Waals surface area contributed by atoms with Gasteiger partial charge in [-0.2, -0.15) is 5.26 Å². The molecule has 0 spiro atoms. The first-order valence-corrected chi connectivity index (χ1v) is 2.85. The Labute approximate surface area is 54.5 Å². The number of hydrogen-bond acceptors (Lipinski definition) is 2. The fraction of sp³-hybridized carbons (Fsp3) is 0.286. The van der Waals surface area contributed by atoms with Crippen molar-refractivity contribution in [3.8, 4) is 6.07 Å². The highest BCUT2D eigenvalue weighted by atomic mass is 14.8. The summed E-state index contributed by atoms with van der Waals surface area (Å²) in [6.45, 7) is 1.98. The van der Waals surface area contributed by atoms with E-state index >= 15 is 0 Å². The number of nitrogens with zero attached hydrogens (tertiary/aromatic N) is 1. The number of rotatable bonds is 0. The van der Waals surface area contributed by atoms with Gasteiger partial charge in [-0.05, 0) is 6.92 Å². The summed E-state index contributed by atoms with van der Waals surface area (Å²) in [6.07, 6.45) is 4.52. The number of dihydropyridines is 1. The van der Waals surface area contributed by atoms with E-state index in [9.17, 15) is 0 Å². The van der Waals surface area contributed by atoms with Crippen LogP contribution in [0.3, 0.4) is 0 Å². The van der Waals surface area contributed by atoms with Crippen molar-refractivity contribution >= 4 is 0 Å². The van der Waals surface area contributed by atoms with Crippen LogP contribution < -0.4 is 5.32 Å². The van der Waals surface area contributed by atoms with Gasteiger partial charge < -0.3 is 5.32 Å². The van der Waals surface area contributed by atoms with Gasteiger partial charge in [0.2, 0.25) is 0 Å². The second kappa shape index (κ2) is 2.36. The van der Waals surface area contributed by atoms with Crippen LogP contribution in [-0.4, -0.2) is 0 Å². The normalized spacial score (nSPS) is 16.9. The van der Waals surface area contributed by atoms with Crippen LogP contribution in [0.25, 0.3) is 0 Å². The first kappa shape index (κ1) is 5.90. The molecule has 2 nitrogen and oxygen atoms in total. The fourth-order valence-electron chi connectivity index (χ4n) is 0.660. The Kier molecular flexibility index (Phi) is 1.55. The van der Waals surface area contributed by atoms with Crippen molar-refractivity contribution in [2.45, 2.75) is 13.3 Å². The SMILES string of the molecule is CC1=CCC(C#N)=CN1. The van der Waals surface area contributed by atoms with Crippen molar-refractivity contribution in [2.24, 2.45) is 0 Å². The van der Waals surface area contributed by atoms with Crippen molar-refractivity contribution in [3.63, 3.8) is 0 Å². The predicted molar refractivity (Wildman–Crippen MR) is 35.2 cm³/mol. The largest absolute Gasteiger partial charge is 0.365 e. The summed E-state index contributed by atoms with van der Waals surface area (Å²) in [5.41, 5.74) is 1.91. The van der Waals surface area contributed by atoms with E-state index in [0.29, 0.717) is 0 Å². The molecule has 0 amide bonds. The lowest BCUT2D eigenvalue weighted by Crippen LogP contribution is -2.06. The monoisotopic (exact) mass is 120 g/mol. The third-order valence-corrected chi connectivity index (χ3v) is 1.25. The smallest absolute Gasteiger partial charge is 0.0965 e. The van der Waals surface area contributed by atoms with E-state index < -0.39 is 0 Å². The summed E-state index contributed by atoms with van der Waals surface area (Å²) in [7, 11) is 0. The fourth-order valence-corrected chi connectivity index (χ4v) is 0.660. The Hall–Kier alpha value is -1.23. The molecule has 0 aromatic heterocycles. The van der Waals surface area contributed by atoms with Crippen molar-refractivity contribution in [1.29, 1.82) is 5.26 Å². The zero-order valence-corrected chi connectivity index (χ0v) is 5.31. The van der Waals surface area contributed by atoms with E-state index in [1.54, 1.807) is 6.20 Å². The molecule has 2 heteroatoms. The molecule has 0 saturated carbocycles. The Morgan fingerprint density at radius 1 is 1.78 bits per heavy atom. The predicted octanol–water partition coefficient (Wildman–Crippen LogP) is 1.29. The maximum Gasteiger partial charge on any atom is 0.0965 e. The van der Waals surface area contributed by atoms with Crippen LogP contribution in [-0.2, 0) is 0 Å². The van der Waals surface area contributed by atoms with Crippen molar-refractivity contribution < 1.29 is 0 Å². The molecule has 0 atom stereocenters. The average molecular weight is 120 g/mol. The summed E-state index contributed by atoms with van der Waals surface area (Å²) in [4.78, 5) is 0. The quantitative estimate of drug-likeness (QED) is 0.523. The van der Waals surface area contributed by atoms with Crippen LogP contribution in [0.5, 0.6) is 0 Å². The lowest BCUT2D eigenvalue weighted by Gasteiger charge is -2.06. The Bertz CT molecular complexity index is 205. The van der Waals surface area contributed by atoms with Crippen LogP contribution in [0.4, 0.5) is 0 Å². The van der Waals surface area contributed by atoms with Gasteiger partial charge in [-0.3, -0.25) is 0 Å². The van der Waals surface area contributed by atoms with Crippen LogP contribution in [0.15, 0.2) is 23.5 Å². The molecule has 0 aromatic carbocycles. The standard InChI is InChI=1S/C7H8N2/c1-6-2-3-7(4-8)5-9-6/h2,5,9H,3H2,1H3. The van der Waals surface area contributed by atoms with Crippen LogP contribution >= 0.6 is 0 Å². The minimum absolute atomic E-state index is 0.773. The van der Waals surface area contributed by atoms with Crippen LogP contribution in [0.1, 0.15) is 13.3 Å². The molecule has 9 heavy (non-hydrogen) atoms. The van der Waals surface area contributed by atoms with Gasteiger partial charge in [0, 0.05) is 23.9 Å². The molecule has 1 N–H and O–H groups in total. The number of hydrogen-bond donors (Lipinski definition) is 1. The van der Waals surface area contributed by atoms with E-state index in [4.69, 9.17) is 5.26 Å². The van der Waals surface area contributed by atoms with Crippen molar-refractivity contribution in [1.82, 2.24) is 5.32 Å². The highest BCUT2D eigenvalue weighted by Crippen LogP contribution is 2.06.